The minimum absolute atomic E-state index is 0.310. The van der Waals surface area contributed by atoms with Crippen LogP contribution in [-0.4, -0.2) is 19.1 Å². The van der Waals surface area contributed by atoms with Gasteiger partial charge in [0.15, 0.2) is 0 Å². The van der Waals surface area contributed by atoms with E-state index in [2.05, 4.69) is 34.6 Å². The van der Waals surface area contributed by atoms with Crippen molar-refractivity contribution in [2.24, 2.45) is 52.3 Å². The Bertz CT molecular complexity index is 764. The van der Waals surface area contributed by atoms with Crippen LogP contribution >= 0.6 is 0 Å². The van der Waals surface area contributed by atoms with E-state index < -0.39 is 10.4 Å². The van der Waals surface area contributed by atoms with Crippen molar-refractivity contribution < 1.29 is 17.2 Å². The van der Waals surface area contributed by atoms with Gasteiger partial charge >= 0.3 is 10.4 Å². The van der Waals surface area contributed by atoms with E-state index in [0.29, 0.717) is 16.7 Å². The van der Waals surface area contributed by atoms with Gasteiger partial charge < -0.3 is 0 Å². The van der Waals surface area contributed by atoms with Gasteiger partial charge in [0.25, 0.3) is 0 Å². The summed E-state index contributed by atoms with van der Waals surface area (Å²) in [6, 6.07) is 0. The summed E-state index contributed by atoms with van der Waals surface area (Å²) in [5.41, 5.74) is 0.831. The third-order valence-electron chi connectivity index (χ3n) is 11.1. The lowest BCUT2D eigenvalue weighted by Crippen LogP contribution is -2.54. The molecule has 0 spiro atoms. The fourth-order valence-corrected chi connectivity index (χ4v) is 10.0. The highest BCUT2D eigenvalue weighted by molar-refractivity contribution is 7.80. The summed E-state index contributed by atoms with van der Waals surface area (Å²) in [7, 11) is -4.35. The average molecular weight is 469 g/mol. The van der Waals surface area contributed by atoms with Gasteiger partial charge in [-0.3, -0.25) is 4.55 Å². The molecule has 0 amide bonds. The number of rotatable bonds is 7. The Balaban J connectivity index is 1.43. The smallest absolute Gasteiger partial charge is 0.264 e. The predicted octanol–water partition coefficient (Wildman–Crippen LogP) is 7.30. The molecule has 4 fully saturated rings. The second-order valence-electron chi connectivity index (χ2n) is 13.1. The maximum atomic E-state index is 11.2. The minimum Gasteiger partial charge on any atom is -0.264 e. The standard InChI is InChI=1S/C27H48O4S/c1-18(2)7-6-8-19(3)23-11-12-24-22-10-9-20-17-21(31-32(28,29)30)13-15-26(20,4)25(22)14-16-27(23,24)5/h18-25H,6-17H2,1-5H3,(H,28,29,30)/t19-,20?,21+,22+,23-,24+,25+,26+,27-/m1/s1. The molecule has 1 unspecified atom stereocenters. The second-order valence-corrected chi connectivity index (χ2v) is 14.2. The minimum atomic E-state index is -4.35. The summed E-state index contributed by atoms with van der Waals surface area (Å²) in [6.07, 6.45) is 14.5. The molecule has 4 rings (SSSR count). The van der Waals surface area contributed by atoms with Crippen molar-refractivity contribution in [2.75, 3.05) is 0 Å². The summed E-state index contributed by atoms with van der Waals surface area (Å²) < 4.78 is 36.6. The highest BCUT2D eigenvalue weighted by Crippen LogP contribution is 2.68. The van der Waals surface area contributed by atoms with Gasteiger partial charge in [0.05, 0.1) is 6.10 Å². The van der Waals surface area contributed by atoms with Crippen LogP contribution in [0.15, 0.2) is 0 Å². The molecule has 0 bridgehead atoms. The first kappa shape index (κ1) is 25.0. The van der Waals surface area contributed by atoms with Gasteiger partial charge in [-0.05, 0) is 110 Å². The molecule has 4 saturated carbocycles. The summed E-state index contributed by atoms with van der Waals surface area (Å²) in [5.74, 6) is 5.59. The largest absolute Gasteiger partial charge is 0.397 e. The molecule has 4 aliphatic carbocycles. The molecule has 4 nitrogen and oxygen atoms in total. The number of hydrogen-bond acceptors (Lipinski definition) is 3. The molecule has 32 heavy (non-hydrogen) atoms. The third kappa shape index (κ3) is 4.69. The Labute approximate surface area is 197 Å². The van der Waals surface area contributed by atoms with Gasteiger partial charge in [-0.25, -0.2) is 4.18 Å². The van der Waals surface area contributed by atoms with Gasteiger partial charge in [0.2, 0.25) is 0 Å². The van der Waals surface area contributed by atoms with Crippen LogP contribution in [0.1, 0.15) is 112 Å². The number of hydrogen-bond donors (Lipinski definition) is 1. The molecule has 0 aromatic carbocycles. The summed E-state index contributed by atoms with van der Waals surface area (Å²) in [4.78, 5) is 0. The average Bonchev–Trinajstić information content (AvgIpc) is 3.04. The lowest BCUT2D eigenvalue weighted by Gasteiger charge is -2.61. The van der Waals surface area contributed by atoms with E-state index in [4.69, 9.17) is 8.74 Å². The molecule has 1 N–H and O–H groups in total. The lowest BCUT2D eigenvalue weighted by molar-refractivity contribution is -0.127. The first-order valence-electron chi connectivity index (χ1n) is 13.6. The van der Waals surface area contributed by atoms with Crippen LogP contribution < -0.4 is 0 Å². The van der Waals surface area contributed by atoms with Gasteiger partial charge in [-0.15, -0.1) is 0 Å². The van der Waals surface area contributed by atoms with Crippen molar-refractivity contribution in [3.05, 3.63) is 0 Å². The van der Waals surface area contributed by atoms with E-state index in [1.165, 1.54) is 57.8 Å². The van der Waals surface area contributed by atoms with Crippen LogP contribution in [0.25, 0.3) is 0 Å². The van der Waals surface area contributed by atoms with Crippen molar-refractivity contribution in [2.45, 2.75) is 118 Å². The van der Waals surface area contributed by atoms with E-state index >= 15 is 0 Å². The SMILES string of the molecule is CC(C)CCC[C@@H](C)[C@H]1CC[C@H]2[C@@H]3CCC4C[C@@H](OS(=O)(=O)O)CC[C@]4(C)[C@H]3CC[C@]12C. The summed E-state index contributed by atoms with van der Waals surface area (Å²) >= 11 is 0. The Hall–Kier alpha value is -0.130. The molecule has 0 saturated heterocycles. The third-order valence-corrected chi connectivity index (χ3v) is 11.6. The fraction of sp³-hybridized carbons (Fsp3) is 1.00. The first-order chi connectivity index (χ1) is 14.9. The molecule has 9 atom stereocenters. The zero-order valence-electron chi connectivity index (χ0n) is 21.2. The van der Waals surface area contributed by atoms with Crippen molar-refractivity contribution in [1.29, 1.82) is 0 Å². The molecule has 0 aliphatic heterocycles. The van der Waals surface area contributed by atoms with Crippen LogP contribution in [0.4, 0.5) is 0 Å². The molecular formula is C27H48O4S. The molecule has 186 valence electrons. The fourth-order valence-electron chi connectivity index (χ4n) is 9.50. The molecule has 4 aliphatic rings. The summed E-state index contributed by atoms with van der Waals surface area (Å²) in [6.45, 7) is 12.4. The second kappa shape index (κ2) is 9.15. The van der Waals surface area contributed by atoms with E-state index in [-0.39, 0.29) is 6.10 Å². The Morgan fingerprint density at radius 3 is 2.28 bits per heavy atom. The Morgan fingerprint density at radius 2 is 1.59 bits per heavy atom. The maximum Gasteiger partial charge on any atom is 0.397 e. The molecule has 0 aromatic rings. The Morgan fingerprint density at radius 1 is 0.906 bits per heavy atom. The van der Waals surface area contributed by atoms with Crippen LogP contribution in [0.5, 0.6) is 0 Å². The molecule has 0 aromatic heterocycles. The van der Waals surface area contributed by atoms with Gasteiger partial charge in [0, 0.05) is 0 Å². The van der Waals surface area contributed by atoms with Crippen LogP contribution in [0, 0.1) is 52.3 Å². The lowest BCUT2D eigenvalue weighted by atomic mass is 9.44. The maximum absolute atomic E-state index is 11.2. The summed E-state index contributed by atoms with van der Waals surface area (Å²) in [5, 5.41) is 0. The van der Waals surface area contributed by atoms with E-state index in [0.717, 1.165) is 54.8 Å². The molecule has 0 heterocycles. The first-order valence-corrected chi connectivity index (χ1v) is 15.0. The van der Waals surface area contributed by atoms with Crippen molar-refractivity contribution in [3.63, 3.8) is 0 Å². The number of fused-ring (bicyclic) bond motifs is 5. The zero-order valence-corrected chi connectivity index (χ0v) is 22.0. The van der Waals surface area contributed by atoms with Crippen molar-refractivity contribution >= 4 is 10.4 Å². The predicted molar refractivity (Wildman–Crippen MR) is 129 cm³/mol. The zero-order chi connectivity index (χ0) is 23.3. The Kier molecular flexibility index (Phi) is 7.14. The van der Waals surface area contributed by atoms with E-state index in [9.17, 15) is 8.42 Å². The van der Waals surface area contributed by atoms with Gasteiger partial charge in [-0.1, -0.05) is 53.9 Å². The van der Waals surface area contributed by atoms with E-state index in [1.807, 2.05) is 0 Å². The van der Waals surface area contributed by atoms with Crippen molar-refractivity contribution in [3.8, 4) is 0 Å². The van der Waals surface area contributed by atoms with Crippen LogP contribution in [0.3, 0.4) is 0 Å². The van der Waals surface area contributed by atoms with Gasteiger partial charge in [-0.2, -0.15) is 8.42 Å². The quantitative estimate of drug-likeness (QED) is 0.398. The van der Waals surface area contributed by atoms with Crippen LogP contribution in [-0.2, 0) is 14.6 Å². The van der Waals surface area contributed by atoms with E-state index in [1.54, 1.807) is 0 Å². The topological polar surface area (TPSA) is 63.6 Å². The molecule has 5 heteroatoms. The van der Waals surface area contributed by atoms with Crippen molar-refractivity contribution in [1.82, 2.24) is 0 Å². The molecule has 0 radical (unpaired) electrons. The highest BCUT2D eigenvalue weighted by atomic mass is 32.3. The monoisotopic (exact) mass is 468 g/mol. The highest BCUT2D eigenvalue weighted by Gasteiger charge is 2.60. The van der Waals surface area contributed by atoms with Crippen LogP contribution in [0.2, 0.25) is 0 Å². The normalized spacial score (nSPS) is 45.2. The van der Waals surface area contributed by atoms with Gasteiger partial charge in [0.1, 0.15) is 0 Å². The molecular weight excluding hydrogens is 420 g/mol.